The Kier molecular flexibility index (Phi) is 3.01. The Labute approximate surface area is 95.1 Å². The second-order valence-corrected chi connectivity index (χ2v) is 3.86. The minimum Gasteiger partial charge on any atom is -0.330 e. The van der Waals surface area contributed by atoms with Crippen LogP contribution in [0.1, 0.15) is 17.2 Å². The molecule has 0 amide bonds. The molecular weight excluding hydrogens is 200 g/mol. The van der Waals surface area contributed by atoms with Gasteiger partial charge in [0.2, 0.25) is 0 Å². The molecule has 16 heavy (non-hydrogen) atoms. The maximum atomic E-state index is 5.57. The Bertz CT molecular complexity index is 488. The molecule has 0 saturated heterocycles. The zero-order chi connectivity index (χ0) is 11.5. The van der Waals surface area contributed by atoms with E-state index in [9.17, 15) is 0 Å². The normalized spacial score (nSPS) is 10.7. The van der Waals surface area contributed by atoms with Crippen LogP contribution in [-0.2, 0) is 6.42 Å². The lowest BCUT2D eigenvalue weighted by molar-refractivity contribution is 0.773. The van der Waals surface area contributed by atoms with Crippen molar-refractivity contribution in [3.05, 3.63) is 41.5 Å². The topological polar surface area (TPSA) is 56.7 Å². The fourth-order valence-electron chi connectivity index (χ4n) is 1.72. The third-order valence-electron chi connectivity index (χ3n) is 2.39. The number of rotatable bonds is 3. The summed E-state index contributed by atoms with van der Waals surface area (Å²) in [5.74, 6) is 1.70. The van der Waals surface area contributed by atoms with Crippen molar-refractivity contribution in [1.82, 2.24) is 14.8 Å². The summed E-state index contributed by atoms with van der Waals surface area (Å²) in [7, 11) is 0. The van der Waals surface area contributed by atoms with E-state index in [-0.39, 0.29) is 0 Å². The van der Waals surface area contributed by atoms with Crippen molar-refractivity contribution in [3.8, 4) is 5.69 Å². The zero-order valence-electron chi connectivity index (χ0n) is 9.64. The quantitative estimate of drug-likeness (QED) is 0.843. The molecule has 0 spiro atoms. The first-order valence-corrected chi connectivity index (χ1v) is 5.40. The van der Waals surface area contributed by atoms with Gasteiger partial charge in [0, 0.05) is 6.42 Å². The van der Waals surface area contributed by atoms with E-state index in [0.717, 1.165) is 23.8 Å². The highest BCUT2D eigenvalue weighted by atomic mass is 15.3. The van der Waals surface area contributed by atoms with E-state index in [2.05, 4.69) is 29.1 Å². The predicted octanol–water partition coefficient (Wildman–Crippen LogP) is 1.39. The first-order valence-electron chi connectivity index (χ1n) is 5.40. The van der Waals surface area contributed by atoms with Gasteiger partial charge in [-0.1, -0.05) is 12.1 Å². The molecule has 0 unspecified atom stereocenters. The summed E-state index contributed by atoms with van der Waals surface area (Å²) < 4.78 is 1.87. The van der Waals surface area contributed by atoms with E-state index in [1.54, 1.807) is 0 Å². The molecule has 84 valence electrons. The van der Waals surface area contributed by atoms with Gasteiger partial charge < -0.3 is 5.73 Å². The van der Waals surface area contributed by atoms with Gasteiger partial charge in [-0.15, -0.1) is 0 Å². The molecule has 4 nitrogen and oxygen atoms in total. The molecule has 0 aliphatic carbocycles. The molecule has 0 atom stereocenters. The molecule has 1 heterocycles. The van der Waals surface area contributed by atoms with Crippen molar-refractivity contribution >= 4 is 0 Å². The lowest BCUT2D eigenvalue weighted by Crippen LogP contribution is -2.09. The molecule has 0 fully saturated rings. The van der Waals surface area contributed by atoms with Crippen LogP contribution in [0.25, 0.3) is 5.69 Å². The van der Waals surface area contributed by atoms with E-state index >= 15 is 0 Å². The SMILES string of the molecule is Cc1cccc(-n2nc(C)nc2CCN)c1. The Morgan fingerprint density at radius 1 is 1.31 bits per heavy atom. The molecule has 0 aliphatic rings. The summed E-state index contributed by atoms with van der Waals surface area (Å²) in [6, 6.07) is 8.21. The first kappa shape index (κ1) is 10.8. The highest BCUT2D eigenvalue weighted by Gasteiger charge is 2.08. The minimum atomic E-state index is 0.587. The number of nitrogens with zero attached hydrogens (tertiary/aromatic N) is 3. The number of nitrogens with two attached hydrogens (primary N) is 1. The van der Waals surface area contributed by atoms with E-state index in [4.69, 9.17) is 5.73 Å². The van der Waals surface area contributed by atoms with Crippen molar-refractivity contribution in [2.45, 2.75) is 20.3 Å². The molecule has 0 aliphatic heterocycles. The zero-order valence-corrected chi connectivity index (χ0v) is 9.64. The average molecular weight is 216 g/mol. The molecule has 2 N–H and O–H groups in total. The van der Waals surface area contributed by atoms with Gasteiger partial charge in [-0.25, -0.2) is 9.67 Å². The Hall–Kier alpha value is -1.68. The van der Waals surface area contributed by atoms with Gasteiger partial charge in [0.15, 0.2) is 0 Å². The largest absolute Gasteiger partial charge is 0.330 e. The molecular formula is C12H16N4. The summed E-state index contributed by atoms with van der Waals surface area (Å²) in [5, 5.41) is 4.39. The van der Waals surface area contributed by atoms with Crippen molar-refractivity contribution in [2.75, 3.05) is 6.54 Å². The lowest BCUT2D eigenvalue weighted by atomic mass is 10.2. The van der Waals surface area contributed by atoms with Crippen LogP contribution in [0.3, 0.4) is 0 Å². The standard InChI is InChI=1S/C12H16N4/c1-9-4-3-5-11(8-9)16-12(6-7-13)14-10(2)15-16/h3-5,8H,6-7,13H2,1-2H3. The van der Waals surface area contributed by atoms with Crippen molar-refractivity contribution < 1.29 is 0 Å². The molecule has 1 aromatic heterocycles. The van der Waals surface area contributed by atoms with Gasteiger partial charge in [-0.2, -0.15) is 5.10 Å². The summed E-state index contributed by atoms with van der Waals surface area (Å²) >= 11 is 0. The molecule has 4 heteroatoms. The lowest BCUT2D eigenvalue weighted by Gasteiger charge is -2.05. The van der Waals surface area contributed by atoms with Gasteiger partial charge in [0.25, 0.3) is 0 Å². The third kappa shape index (κ3) is 2.12. The maximum absolute atomic E-state index is 5.57. The summed E-state index contributed by atoms with van der Waals surface area (Å²) in [6.07, 6.45) is 0.745. The van der Waals surface area contributed by atoms with Crippen LogP contribution in [0.2, 0.25) is 0 Å². The summed E-state index contributed by atoms with van der Waals surface area (Å²) in [5.41, 5.74) is 7.82. The maximum Gasteiger partial charge on any atom is 0.148 e. The van der Waals surface area contributed by atoms with Crippen LogP contribution < -0.4 is 5.73 Å². The van der Waals surface area contributed by atoms with Crippen molar-refractivity contribution in [2.24, 2.45) is 5.73 Å². The number of aromatic nitrogens is 3. The van der Waals surface area contributed by atoms with Gasteiger partial charge in [0.1, 0.15) is 11.6 Å². The molecule has 0 radical (unpaired) electrons. The van der Waals surface area contributed by atoms with Crippen molar-refractivity contribution in [1.29, 1.82) is 0 Å². The second-order valence-electron chi connectivity index (χ2n) is 3.86. The smallest absolute Gasteiger partial charge is 0.148 e. The third-order valence-corrected chi connectivity index (χ3v) is 2.39. The van der Waals surface area contributed by atoms with E-state index in [1.165, 1.54) is 5.56 Å². The van der Waals surface area contributed by atoms with Gasteiger partial charge in [-0.05, 0) is 38.1 Å². The van der Waals surface area contributed by atoms with E-state index < -0.39 is 0 Å². The van der Waals surface area contributed by atoms with Crippen LogP contribution in [0.15, 0.2) is 24.3 Å². The minimum absolute atomic E-state index is 0.587. The fourth-order valence-corrected chi connectivity index (χ4v) is 1.72. The van der Waals surface area contributed by atoms with Gasteiger partial charge in [0.05, 0.1) is 5.69 Å². The van der Waals surface area contributed by atoms with Crippen LogP contribution in [0.5, 0.6) is 0 Å². The second kappa shape index (κ2) is 4.45. The summed E-state index contributed by atoms with van der Waals surface area (Å²) in [4.78, 5) is 4.38. The van der Waals surface area contributed by atoms with Crippen molar-refractivity contribution in [3.63, 3.8) is 0 Å². The Morgan fingerprint density at radius 2 is 2.12 bits per heavy atom. The van der Waals surface area contributed by atoms with Crippen LogP contribution in [0, 0.1) is 13.8 Å². The molecule has 2 aromatic rings. The van der Waals surface area contributed by atoms with Gasteiger partial charge >= 0.3 is 0 Å². The van der Waals surface area contributed by atoms with Crippen LogP contribution in [-0.4, -0.2) is 21.3 Å². The van der Waals surface area contributed by atoms with E-state index in [0.29, 0.717) is 6.54 Å². The molecule has 2 rings (SSSR count). The number of benzene rings is 1. The molecule has 0 bridgehead atoms. The Morgan fingerprint density at radius 3 is 2.81 bits per heavy atom. The van der Waals surface area contributed by atoms with E-state index in [1.807, 2.05) is 23.7 Å². The Balaban J connectivity index is 2.46. The fraction of sp³-hybridized carbons (Fsp3) is 0.333. The monoisotopic (exact) mass is 216 g/mol. The number of aryl methyl sites for hydroxylation is 2. The number of hydrogen-bond donors (Lipinski definition) is 1. The van der Waals surface area contributed by atoms with Crippen LogP contribution in [0.4, 0.5) is 0 Å². The highest BCUT2D eigenvalue weighted by Crippen LogP contribution is 2.12. The first-order chi connectivity index (χ1) is 7.70. The highest BCUT2D eigenvalue weighted by molar-refractivity contribution is 5.35. The number of hydrogen-bond acceptors (Lipinski definition) is 3. The average Bonchev–Trinajstić information content (AvgIpc) is 2.60. The molecule has 0 saturated carbocycles. The van der Waals surface area contributed by atoms with Crippen LogP contribution >= 0.6 is 0 Å². The summed E-state index contributed by atoms with van der Waals surface area (Å²) in [6.45, 7) is 4.55. The predicted molar refractivity (Wildman–Crippen MR) is 63.6 cm³/mol. The molecule has 1 aromatic carbocycles. The van der Waals surface area contributed by atoms with Gasteiger partial charge in [-0.3, -0.25) is 0 Å².